The van der Waals surface area contributed by atoms with E-state index in [1.807, 2.05) is 0 Å². The molecule has 0 spiro atoms. The molecule has 2 heterocycles. The Morgan fingerprint density at radius 1 is 1.11 bits per heavy atom. The van der Waals surface area contributed by atoms with Crippen LogP contribution in [0.3, 0.4) is 0 Å². The van der Waals surface area contributed by atoms with Crippen LogP contribution in [-0.2, 0) is 11.0 Å². The van der Waals surface area contributed by atoms with Gasteiger partial charge in [0.1, 0.15) is 0 Å². The van der Waals surface area contributed by atoms with Crippen molar-refractivity contribution in [1.29, 1.82) is 0 Å². The number of carbonyl (C=O) groups is 2. The minimum atomic E-state index is -4.54. The van der Waals surface area contributed by atoms with Crippen LogP contribution in [0.4, 0.5) is 18.9 Å². The van der Waals surface area contributed by atoms with Crippen molar-refractivity contribution in [3.05, 3.63) is 53.5 Å². The minimum absolute atomic E-state index is 0.0476. The van der Waals surface area contributed by atoms with Gasteiger partial charge in [-0.2, -0.15) is 13.2 Å². The summed E-state index contributed by atoms with van der Waals surface area (Å²) in [5, 5.41) is 2.33. The summed E-state index contributed by atoms with van der Waals surface area (Å²) >= 11 is 0. The van der Waals surface area contributed by atoms with E-state index in [0.717, 1.165) is 11.6 Å². The highest BCUT2D eigenvalue weighted by Gasteiger charge is 2.33. The van der Waals surface area contributed by atoms with Gasteiger partial charge < -0.3 is 14.6 Å². The molecule has 28 heavy (non-hydrogen) atoms. The molecule has 0 atom stereocenters. The molecule has 2 amide bonds. The van der Waals surface area contributed by atoms with E-state index in [1.54, 1.807) is 22.8 Å². The Morgan fingerprint density at radius 3 is 2.39 bits per heavy atom. The molecule has 2 aromatic rings. The van der Waals surface area contributed by atoms with Crippen LogP contribution in [0, 0.1) is 6.92 Å². The maximum atomic E-state index is 13.0. The number of furan rings is 1. The molecule has 0 saturated carbocycles. The van der Waals surface area contributed by atoms with Gasteiger partial charge in [0.25, 0.3) is 5.91 Å². The SMILES string of the molecule is Cc1ccoc1C(=O)N1CCN(CC(=O)Nc2ccccc2C(F)(F)F)CC1. The Kier molecular flexibility index (Phi) is 5.73. The van der Waals surface area contributed by atoms with E-state index in [1.165, 1.54) is 24.5 Å². The first-order chi connectivity index (χ1) is 13.3. The lowest BCUT2D eigenvalue weighted by Gasteiger charge is -2.34. The molecule has 1 aliphatic heterocycles. The number of hydrogen-bond donors (Lipinski definition) is 1. The van der Waals surface area contributed by atoms with Crippen LogP contribution in [0.2, 0.25) is 0 Å². The number of alkyl halides is 3. The molecule has 1 N–H and O–H groups in total. The van der Waals surface area contributed by atoms with Crippen LogP contribution >= 0.6 is 0 Å². The van der Waals surface area contributed by atoms with E-state index in [9.17, 15) is 22.8 Å². The monoisotopic (exact) mass is 395 g/mol. The van der Waals surface area contributed by atoms with E-state index in [0.29, 0.717) is 31.9 Å². The minimum Gasteiger partial charge on any atom is -0.459 e. The van der Waals surface area contributed by atoms with Crippen LogP contribution < -0.4 is 5.32 Å². The number of piperazine rings is 1. The first-order valence-corrected chi connectivity index (χ1v) is 8.77. The molecule has 3 rings (SSSR count). The van der Waals surface area contributed by atoms with Crippen LogP contribution in [0.25, 0.3) is 0 Å². The summed E-state index contributed by atoms with van der Waals surface area (Å²) in [7, 11) is 0. The number of carbonyl (C=O) groups excluding carboxylic acids is 2. The summed E-state index contributed by atoms with van der Waals surface area (Å²) in [4.78, 5) is 28.0. The van der Waals surface area contributed by atoms with Gasteiger partial charge in [0.15, 0.2) is 5.76 Å². The number of aryl methyl sites for hydroxylation is 1. The second-order valence-electron chi connectivity index (χ2n) is 6.59. The number of para-hydroxylation sites is 1. The zero-order chi connectivity index (χ0) is 20.3. The Hall–Kier alpha value is -2.81. The van der Waals surface area contributed by atoms with Crippen molar-refractivity contribution in [3.63, 3.8) is 0 Å². The first kappa shape index (κ1) is 19.9. The Morgan fingerprint density at radius 2 is 1.79 bits per heavy atom. The third-order valence-corrected chi connectivity index (χ3v) is 4.59. The van der Waals surface area contributed by atoms with Gasteiger partial charge in [0.05, 0.1) is 24.1 Å². The standard InChI is InChI=1S/C19H20F3N3O3/c1-13-6-11-28-17(13)18(27)25-9-7-24(8-10-25)12-16(26)23-15-5-3-2-4-14(15)19(20,21)22/h2-6,11H,7-10,12H2,1H3,(H,23,26). The van der Waals surface area contributed by atoms with E-state index in [-0.39, 0.29) is 18.1 Å². The Labute approximate surface area is 159 Å². The molecular weight excluding hydrogens is 375 g/mol. The van der Waals surface area contributed by atoms with Crippen molar-refractivity contribution >= 4 is 17.5 Å². The summed E-state index contributed by atoms with van der Waals surface area (Å²) < 4.78 is 44.3. The lowest BCUT2D eigenvalue weighted by atomic mass is 10.1. The molecule has 150 valence electrons. The van der Waals surface area contributed by atoms with Crippen molar-refractivity contribution in [2.24, 2.45) is 0 Å². The quantitative estimate of drug-likeness (QED) is 0.865. The number of nitrogens with zero attached hydrogens (tertiary/aromatic N) is 2. The Balaban J connectivity index is 1.53. The normalized spacial score (nSPS) is 15.5. The van der Waals surface area contributed by atoms with E-state index < -0.39 is 17.6 Å². The average molecular weight is 395 g/mol. The van der Waals surface area contributed by atoms with Gasteiger partial charge in [-0.3, -0.25) is 14.5 Å². The fraction of sp³-hybridized carbons (Fsp3) is 0.368. The molecule has 6 nitrogen and oxygen atoms in total. The zero-order valence-electron chi connectivity index (χ0n) is 15.3. The highest BCUT2D eigenvalue weighted by Crippen LogP contribution is 2.34. The first-order valence-electron chi connectivity index (χ1n) is 8.77. The third-order valence-electron chi connectivity index (χ3n) is 4.59. The number of anilines is 1. The predicted molar refractivity (Wildman–Crippen MR) is 95.9 cm³/mol. The number of rotatable bonds is 4. The fourth-order valence-electron chi connectivity index (χ4n) is 3.08. The van der Waals surface area contributed by atoms with Crippen molar-refractivity contribution < 1.29 is 27.2 Å². The average Bonchev–Trinajstić information content (AvgIpc) is 3.07. The highest BCUT2D eigenvalue weighted by atomic mass is 19.4. The van der Waals surface area contributed by atoms with Crippen LogP contribution in [-0.4, -0.2) is 54.3 Å². The summed E-state index contributed by atoms with van der Waals surface area (Å²) in [5.74, 6) is -0.431. The lowest BCUT2D eigenvalue weighted by molar-refractivity contribution is -0.137. The topological polar surface area (TPSA) is 65.8 Å². The molecule has 9 heteroatoms. The summed E-state index contributed by atoms with van der Waals surface area (Å²) in [5.41, 5.74) is -0.384. The van der Waals surface area contributed by atoms with Gasteiger partial charge in [-0.15, -0.1) is 0 Å². The van der Waals surface area contributed by atoms with Crippen molar-refractivity contribution in [1.82, 2.24) is 9.80 Å². The van der Waals surface area contributed by atoms with E-state index >= 15 is 0 Å². The molecule has 0 aliphatic carbocycles. The second kappa shape index (κ2) is 8.05. The number of halogens is 3. The third kappa shape index (κ3) is 4.53. The van der Waals surface area contributed by atoms with E-state index in [2.05, 4.69) is 5.32 Å². The fourth-order valence-corrected chi connectivity index (χ4v) is 3.08. The molecule has 1 aromatic carbocycles. The van der Waals surface area contributed by atoms with Crippen LogP contribution in [0.1, 0.15) is 21.7 Å². The van der Waals surface area contributed by atoms with Gasteiger partial charge >= 0.3 is 6.18 Å². The molecule has 0 radical (unpaired) electrons. The Bertz CT molecular complexity index is 855. The summed E-state index contributed by atoms with van der Waals surface area (Å²) in [6.07, 6.45) is -3.08. The van der Waals surface area contributed by atoms with Crippen molar-refractivity contribution in [2.45, 2.75) is 13.1 Å². The second-order valence-corrected chi connectivity index (χ2v) is 6.59. The zero-order valence-corrected chi connectivity index (χ0v) is 15.3. The largest absolute Gasteiger partial charge is 0.459 e. The van der Waals surface area contributed by atoms with Crippen molar-refractivity contribution in [3.8, 4) is 0 Å². The molecule has 1 fully saturated rings. The molecule has 0 bridgehead atoms. The summed E-state index contributed by atoms with van der Waals surface area (Å²) in [6.45, 7) is 3.44. The predicted octanol–water partition coefficient (Wildman–Crippen LogP) is 3.00. The van der Waals surface area contributed by atoms with Gasteiger partial charge in [-0.1, -0.05) is 12.1 Å². The number of amides is 2. The van der Waals surface area contributed by atoms with Crippen molar-refractivity contribution in [2.75, 3.05) is 38.0 Å². The molecule has 1 aromatic heterocycles. The molecule has 1 saturated heterocycles. The molecule has 0 unspecified atom stereocenters. The van der Waals surface area contributed by atoms with E-state index in [4.69, 9.17) is 4.42 Å². The van der Waals surface area contributed by atoms with Gasteiger partial charge in [-0.25, -0.2) is 0 Å². The summed E-state index contributed by atoms with van der Waals surface area (Å²) in [6, 6.07) is 6.58. The van der Waals surface area contributed by atoms with Gasteiger partial charge in [0.2, 0.25) is 5.91 Å². The highest BCUT2D eigenvalue weighted by molar-refractivity contribution is 5.94. The maximum Gasteiger partial charge on any atom is 0.418 e. The van der Waals surface area contributed by atoms with Gasteiger partial charge in [-0.05, 0) is 25.1 Å². The maximum absolute atomic E-state index is 13.0. The number of benzene rings is 1. The number of hydrogen-bond acceptors (Lipinski definition) is 4. The molecular formula is C19H20F3N3O3. The smallest absolute Gasteiger partial charge is 0.418 e. The van der Waals surface area contributed by atoms with Crippen LogP contribution in [0.15, 0.2) is 41.0 Å². The lowest BCUT2D eigenvalue weighted by Crippen LogP contribution is -2.50. The van der Waals surface area contributed by atoms with Gasteiger partial charge in [0, 0.05) is 31.7 Å². The molecule has 1 aliphatic rings. The number of nitrogens with one attached hydrogen (secondary N) is 1. The van der Waals surface area contributed by atoms with Crippen LogP contribution in [0.5, 0.6) is 0 Å².